The molecule has 7 nitrogen and oxygen atoms in total. The zero-order chi connectivity index (χ0) is 28.9. The Kier molecular flexibility index (Phi) is 10.3. The molecular weight excluding hydrogens is 581 g/mol. The highest BCUT2D eigenvalue weighted by Gasteiger charge is 2.33. The van der Waals surface area contributed by atoms with Crippen LogP contribution in [0.3, 0.4) is 0 Å². The van der Waals surface area contributed by atoms with E-state index in [0.717, 1.165) is 9.87 Å². The highest BCUT2D eigenvalue weighted by atomic mass is 35.5. The Labute approximate surface area is 244 Å². The van der Waals surface area contributed by atoms with Gasteiger partial charge in [0.25, 0.3) is 10.0 Å². The number of rotatable bonds is 10. The topological polar surface area (TPSA) is 86.8 Å². The van der Waals surface area contributed by atoms with Gasteiger partial charge in [-0.3, -0.25) is 13.9 Å². The van der Waals surface area contributed by atoms with Gasteiger partial charge in [0, 0.05) is 33.2 Å². The maximum absolute atomic E-state index is 13.9. The van der Waals surface area contributed by atoms with E-state index in [1.165, 1.54) is 23.1 Å². The summed E-state index contributed by atoms with van der Waals surface area (Å²) in [6, 6.07) is 16.3. The molecule has 0 aliphatic heterocycles. The number of anilines is 1. The lowest BCUT2D eigenvalue weighted by Crippen LogP contribution is -2.52. The SMILES string of the molecule is Cc1ccc(N(CC(=O)N(Cc2c(Cl)cccc2Cl)C(C)C(=O)NC(C)C)S(=O)(=O)c2ccccc2)cc1Cl. The van der Waals surface area contributed by atoms with Crippen molar-refractivity contribution in [3.05, 3.63) is 92.9 Å². The zero-order valence-corrected chi connectivity index (χ0v) is 25.1. The normalized spacial score (nSPS) is 12.2. The molecule has 1 N–H and O–H groups in total. The third kappa shape index (κ3) is 7.45. The fourth-order valence-corrected chi connectivity index (χ4v) is 5.95. The largest absolute Gasteiger partial charge is 0.352 e. The summed E-state index contributed by atoms with van der Waals surface area (Å²) in [6.45, 7) is 6.25. The fourth-order valence-electron chi connectivity index (χ4n) is 3.83. The molecule has 0 radical (unpaired) electrons. The van der Waals surface area contributed by atoms with E-state index in [1.807, 2.05) is 0 Å². The Balaban J connectivity index is 2.08. The van der Waals surface area contributed by atoms with E-state index in [1.54, 1.807) is 76.2 Å². The van der Waals surface area contributed by atoms with Crippen molar-refractivity contribution in [1.82, 2.24) is 10.2 Å². The van der Waals surface area contributed by atoms with Gasteiger partial charge in [-0.25, -0.2) is 8.42 Å². The zero-order valence-electron chi connectivity index (χ0n) is 22.0. The van der Waals surface area contributed by atoms with E-state index < -0.39 is 34.4 Å². The quantitative estimate of drug-likeness (QED) is 0.301. The maximum Gasteiger partial charge on any atom is 0.264 e. The molecule has 0 saturated carbocycles. The lowest BCUT2D eigenvalue weighted by atomic mass is 10.1. The van der Waals surface area contributed by atoms with Crippen molar-refractivity contribution in [2.24, 2.45) is 0 Å². The molecule has 0 aliphatic rings. The average Bonchev–Trinajstić information content (AvgIpc) is 2.88. The lowest BCUT2D eigenvalue weighted by Gasteiger charge is -2.32. The molecule has 39 heavy (non-hydrogen) atoms. The predicted octanol–water partition coefficient (Wildman–Crippen LogP) is 6.09. The van der Waals surface area contributed by atoms with Crippen molar-refractivity contribution < 1.29 is 18.0 Å². The first-order valence-electron chi connectivity index (χ1n) is 12.2. The van der Waals surface area contributed by atoms with Gasteiger partial charge in [0.15, 0.2) is 0 Å². The van der Waals surface area contributed by atoms with E-state index in [4.69, 9.17) is 34.8 Å². The van der Waals surface area contributed by atoms with Crippen LogP contribution in [-0.4, -0.2) is 43.8 Å². The number of hydrogen-bond donors (Lipinski definition) is 1. The highest BCUT2D eigenvalue weighted by Crippen LogP contribution is 2.30. The van der Waals surface area contributed by atoms with Crippen molar-refractivity contribution >= 4 is 62.3 Å². The summed E-state index contributed by atoms with van der Waals surface area (Å²) >= 11 is 19.1. The summed E-state index contributed by atoms with van der Waals surface area (Å²) in [5.41, 5.74) is 1.39. The van der Waals surface area contributed by atoms with Crippen molar-refractivity contribution in [2.75, 3.05) is 10.8 Å². The lowest BCUT2D eigenvalue weighted by molar-refractivity contribution is -0.139. The summed E-state index contributed by atoms with van der Waals surface area (Å²) in [6.07, 6.45) is 0. The number of nitrogens with one attached hydrogen (secondary N) is 1. The molecule has 0 aliphatic carbocycles. The molecular formula is C28H30Cl3N3O4S. The first kappa shape index (κ1) is 30.8. The molecule has 0 bridgehead atoms. The summed E-state index contributed by atoms with van der Waals surface area (Å²) in [4.78, 5) is 28.2. The Morgan fingerprint density at radius 1 is 0.872 bits per heavy atom. The molecule has 208 valence electrons. The van der Waals surface area contributed by atoms with Crippen LogP contribution in [0, 0.1) is 6.92 Å². The van der Waals surface area contributed by atoms with Crippen LogP contribution in [0.25, 0.3) is 0 Å². The highest BCUT2D eigenvalue weighted by molar-refractivity contribution is 7.92. The second-order valence-corrected chi connectivity index (χ2v) is 12.4. The Morgan fingerprint density at radius 2 is 1.49 bits per heavy atom. The molecule has 11 heteroatoms. The molecule has 3 aromatic carbocycles. The molecule has 0 heterocycles. The van der Waals surface area contributed by atoms with Crippen molar-refractivity contribution in [1.29, 1.82) is 0 Å². The maximum atomic E-state index is 13.9. The fraction of sp³-hybridized carbons (Fsp3) is 0.286. The standard InChI is InChI=1S/C28H30Cl3N3O4S/c1-18(2)32-28(36)20(4)33(16-23-24(29)11-8-12-25(23)30)27(35)17-34(21-14-13-19(3)26(31)15-21)39(37,38)22-9-6-5-7-10-22/h5-15,18,20H,16-17H2,1-4H3,(H,32,36). The Bertz CT molecular complexity index is 1430. The van der Waals surface area contributed by atoms with Gasteiger partial charge in [0.2, 0.25) is 11.8 Å². The number of sulfonamides is 1. The van der Waals surface area contributed by atoms with Crippen LogP contribution in [0.4, 0.5) is 5.69 Å². The van der Waals surface area contributed by atoms with Crippen LogP contribution in [0.2, 0.25) is 15.1 Å². The van der Waals surface area contributed by atoms with Crippen LogP contribution in [-0.2, 0) is 26.2 Å². The number of hydrogen-bond acceptors (Lipinski definition) is 4. The Hall–Kier alpha value is -2.78. The minimum atomic E-state index is -4.19. The summed E-state index contributed by atoms with van der Waals surface area (Å²) < 4.78 is 28.6. The number of halogens is 3. The van der Waals surface area contributed by atoms with Gasteiger partial charge < -0.3 is 10.2 Å². The second kappa shape index (κ2) is 13.0. The number of carbonyl (C=O) groups is 2. The third-order valence-corrected chi connectivity index (χ3v) is 8.95. The minimum Gasteiger partial charge on any atom is -0.352 e. The number of aryl methyl sites for hydroxylation is 1. The van der Waals surface area contributed by atoms with E-state index in [0.29, 0.717) is 20.6 Å². The monoisotopic (exact) mass is 609 g/mol. The molecule has 0 saturated heterocycles. The first-order valence-corrected chi connectivity index (χ1v) is 14.8. The van der Waals surface area contributed by atoms with E-state index in [2.05, 4.69) is 5.32 Å². The second-order valence-electron chi connectivity index (χ2n) is 9.32. The van der Waals surface area contributed by atoms with Crippen molar-refractivity contribution in [3.8, 4) is 0 Å². The molecule has 0 fully saturated rings. The molecule has 0 spiro atoms. The van der Waals surface area contributed by atoms with Gasteiger partial charge in [0.1, 0.15) is 12.6 Å². The van der Waals surface area contributed by atoms with Crippen LogP contribution in [0.1, 0.15) is 31.9 Å². The predicted molar refractivity (Wildman–Crippen MR) is 157 cm³/mol. The van der Waals surface area contributed by atoms with Crippen LogP contribution in [0.5, 0.6) is 0 Å². The molecule has 2 amide bonds. The number of amides is 2. The van der Waals surface area contributed by atoms with E-state index >= 15 is 0 Å². The van der Waals surface area contributed by atoms with Gasteiger partial charge in [-0.15, -0.1) is 0 Å². The Morgan fingerprint density at radius 3 is 2.05 bits per heavy atom. The number of nitrogens with zero attached hydrogens (tertiary/aromatic N) is 2. The third-order valence-electron chi connectivity index (χ3n) is 6.04. The minimum absolute atomic E-state index is 0.000736. The number of benzene rings is 3. The summed E-state index contributed by atoms with van der Waals surface area (Å²) in [7, 11) is -4.19. The van der Waals surface area contributed by atoms with Gasteiger partial charge in [-0.2, -0.15) is 0 Å². The van der Waals surface area contributed by atoms with E-state index in [-0.39, 0.29) is 23.2 Å². The van der Waals surface area contributed by atoms with Crippen LogP contribution < -0.4 is 9.62 Å². The van der Waals surface area contributed by atoms with Crippen LogP contribution in [0.15, 0.2) is 71.6 Å². The van der Waals surface area contributed by atoms with Gasteiger partial charge >= 0.3 is 0 Å². The molecule has 1 atom stereocenters. The van der Waals surface area contributed by atoms with Crippen molar-refractivity contribution in [2.45, 2.75) is 51.2 Å². The van der Waals surface area contributed by atoms with Gasteiger partial charge in [0.05, 0.1) is 10.6 Å². The van der Waals surface area contributed by atoms with E-state index in [9.17, 15) is 18.0 Å². The van der Waals surface area contributed by atoms with Crippen LogP contribution >= 0.6 is 34.8 Å². The molecule has 3 rings (SSSR count). The molecule has 1 unspecified atom stereocenters. The summed E-state index contributed by atoms with van der Waals surface area (Å²) in [5, 5.41) is 3.78. The smallest absolute Gasteiger partial charge is 0.264 e. The molecule has 3 aromatic rings. The van der Waals surface area contributed by atoms with Crippen molar-refractivity contribution in [3.63, 3.8) is 0 Å². The average molecular weight is 611 g/mol. The van der Waals surface area contributed by atoms with Gasteiger partial charge in [-0.05, 0) is 69.7 Å². The number of carbonyl (C=O) groups excluding carboxylic acids is 2. The first-order chi connectivity index (χ1) is 18.3. The molecule has 0 aromatic heterocycles. The van der Waals surface area contributed by atoms with Gasteiger partial charge in [-0.1, -0.05) is 65.1 Å². The summed E-state index contributed by atoms with van der Waals surface area (Å²) in [5.74, 6) is -1.04.